The summed E-state index contributed by atoms with van der Waals surface area (Å²) < 4.78 is 0. The second-order valence-corrected chi connectivity index (χ2v) is 6.74. The normalized spacial score (nSPS) is 18.9. The maximum Gasteiger partial charge on any atom is 0.269 e. The van der Waals surface area contributed by atoms with Crippen LogP contribution in [0.15, 0.2) is 53.3 Å². The fourth-order valence-electron chi connectivity index (χ4n) is 3.12. The molecule has 2 N–H and O–H groups in total. The van der Waals surface area contributed by atoms with Crippen LogP contribution in [0.4, 0.5) is 5.69 Å². The Morgan fingerprint density at radius 3 is 2.61 bits per heavy atom. The Kier molecular flexibility index (Phi) is 4.54. The Morgan fingerprint density at radius 1 is 1.18 bits per heavy atom. The number of alkyl halides is 1. The van der Waals surface area contributed by atoms with Gasteiger partial charge in [0.2, 0.25) is 0 Å². The zero-order chi connectivity index (χ0) is 19.8. The number of amides is 1. The lowest BCUT2D eigenvalue weighted by Gasteiger charge is -2.44. The first-order valence-electron chi connectivity index (χ1n) is 8.38. The Morgan fingerprint density at radius 2 is 1.89 bits per heavy atom. The first-order valence-corrected chi connectivity index (χ1v) is 8.82. The van der Waals surface area contributed by atoms with Gasteiger partial charge in [0.1, 0.15) is 11.2 Å². The molecule has 142 valence electrons. The number of halogens is 1. The number of hydrogen-bond acceptors (Lipinski definition) is 6. The molecule has 2 unspecified atom stereocenters. The third-order valence-electron chi connectivity index (χ3n) is 4.55. The second-order valence-electron chi connectivity index (χ2n) is 6.27. The number of aromatic amines is 1. The van der Waals surface area contributed by atoms with Crippen LogP contribution in [-0.2, 0) is 11.3 Å². The van der Waals surface area contributed by atoms with Gasteiger partial charge in [0.05, 0.1) is 28.4 Å². The number of carbonyl (C=O) groups is 1. The van der Waals surface area contributed by atoms with Crippen LogP contribution in [0.25, 0.3) is 10.9 Å². The molecule has 4 rings (SSSR count). The maximum absolute atomic E-state index is 12.2. The van der Waals surface area contributed by atoms with E-state index in [-0.39, 0.29) is 23.7 Å². The lowest BCUT2D eigenvalue weighted by molar-refractivity contribution is -0.384. The molecular formula is C18H14ClN5O4. The van der Waals surface area contributed by atoms with Crippen LogP contribution in [0.2, 0.25) is 0 Å². The second kappa shape index (κ2) is 7.02. The molecule has 1 saturated heterocycles. The minimum atomic E-state index is -0.780. The van der Waals surface area contributed by atoms with Gasteiger partial charge >= 0.3 is 0 Å². The summed E-state index contributed by atoms with van der Waals surface area (Å²) in [5.41, 5.74) is 3.84. The molecule has 0 spiro atoms. The van der Waals surface area contributed by atoms with Gasteiger partial charge < -0.3 is 4.98 Å². The number of rotatable bonds is 5. The smallest absolute Gasteiger partial charge is 0.269 e. The number of nitrogens with zero attached hydrogens (tertiary/aromatic N) is 3. The Balaban J connectivity index is 1.53. The Hall–Kier alpha value is -3.30. The van der Waals surface area contributed by atoms with E-state index in [1.165, 1.54) is 17.1 Å². The molecule has 1 aliphatic heterocycles. The summed E-state index contributed by atoms with van der Waals surface area (Å²) >= 11 is 6.14. The van der Waals surface area contributed by atoms with E-state index in [0.29, 0.717) is 22.3 Å². The van der Waals surface area contributed by atoms with Gasteiger partial charge in [-0.3, -0.25) is 24.7 Å². The summed E-state index contributed by atoms with van der Waals surface area (Å²) in [6.45, 7) is 0.110. The summed E-state index contributed by atoms with van der Waals surface area (Å²) in [5.74, 6) is 0.0464. The number of β-lactam (4-membered cyclic amide) rings is 1. The number of non-ortho nitro benzene ring substituents is 1. The van der Waals surface area contributed by atoms with Crippen molar-refractivity contribution in [3.63, 3.8) is 0 Å². The van der Waals surface area contributed by atoms with Crippen molar-refractivity contribution in [2.24, 2.45) is 0 Å². The predicted octanol–water partition coefficient (Wildman–Crippen LogP) is 2.03. The lowest BCUT2D eigenvalue weighted by atomic mass is 9.95. The first-order chi connectivity index (χ1) is 13.5. The molecule has 0 saturated carbocycles. The Bertz CT molecular complexity index is 1130. The van der Waals surface area contributed by atoms with Crippen molar-refractivity contribution in [2.75, 3.05) is 0 Å². The number of benzene rings is 2. The molecule has 1 fully saturated rings. The number of fused-ring (bicyclic) bond motifs is 1. The molecule has 0 bridgehead atoms. The van der Waals surface area contributed by atoms with Crippen molar-refractivity contribution in [1.29, 1.82) is 0 Å². The highest BCUT2D eigenvalue weighted by Gasteiger charge is 2.47. The number of H-pyrrole nitrogens is 1. The molecule has 1 amide bonds. The molecule has 0 radical (unpaired) electrons. The SMILES string of the molecule is O=C1C(Cl)C(c2ccc([N+](=O)[O-])cc2)N1NCc1nc2ccccc2c(=O)[nH]1. The van der Waals surface area contributed by atoms with Gasteiger partial charge in [-0.2, -0.15) is 0 Å². The molecule has 0 aliphatic carbocycles. The highest BCUT2D eigenvalue weighted by molar-refractivity contribution is 6.33. The van der Waals surface area contributed by atoms with Crippen LogP contribution in [0.1, 0.15) is 17.4 Å². The molecule has 1 aliphatic rings. The summed E-state index contributed by atoms with van der Waals surface area (Å²) in [7, 11) is 0. The summed E-state index contributed by atoms with van der Waals surface area (Å²) in [6.07, 6.45) is 0. The number of hydrogen-bond donors (Lipinski definition) is 2. The zero-order valence-corrected chi connectivity index (χ0v) is 15.1. The molecular weight excluding hydrogens is 386 g/mol. The first kappa shape index (κ1) is 18.1. The highest BCUT2D eigenvalue weighted by atomic mass is 35.5. The van der Waals surface area contributed by atoms with Gasteiger partial charge in [-0.15, -0.1) is 11.6 Å². The van der Waals surface area contributed by atoms with E-state index < -0.39 is 16.3 Å². The molecule has 3 aromatic rings. The van der Waals surface area contributed by atoms with Gasteiger partial charge in [0, 0.05) is 12.1 Å². The average Bonchev–Trinajstić information content (AvgIpc) is 2.70. The monoisotopic (exact) mass is 399 g/mol. The van der Waals surface area contributed by atoms with Crippen molar-refractivity contribution < 1.29 is 9.72 Å². The van der Waals surface area contributed by atoms with E-state index >= 15 is 0 Å². The number of aromatic nitrogens is 2. The van der Waals surface area contributed by atoms with E-state index in [1.54, 1.807) is 36.4 Å². The summed E-state index contributed by atoms with van der Waals surface area (Å²) in [5, 5.41) is 11.8. The summed E-state index contributed by atoms with van der Waals surface area (Å²) in [4.78, 5) is 41.6. The fourth-order valence-corrected chi connectivity index (χ4v) is 3.48. The zero-order valence-electron chi connectivity index (χ0n) is 14.3. The van der Waals surface area contributed by atoms with Gasteiger partial charge in [0.25, 0.3) is 17.2 Å². The minimum Gasteiger partial charge on any atom is -0.309 e. The van der Waals surface area contributed by atoms with Gasteiger partial charge in [0.15, 0.2) is 0 Å². The summed E-state index contributed by atoms with van der Waals surface area (Å²) in [6, 6.07) is 12.3. The van der Waals surface area contributed by atoms with Crippen molar-refractivity contribution in [2.45, 2.75) is 18.0 Å². The van der Waals surface area contributed by atoms with Crippen LogP contribution >= 0.6 is 11.6 Å². The lowest BCUT2D eigenvalue weighted by Crippen LogP contribution is -2.61. The molecule has 9 nitrogen and oxygen atoms in total. The maximum atomic E-state index is 12.2. The number of nitro benzene ring substituents is 1. The third-order valence-corrected chi connectivity index (χ3v) is 4.98. The van der Waals surface area contributed by atoms with Crippen LogP contribution in [0.3, 0.4) is 0 Å². The molecule has 1 aromatic heterocycles. The number of hydrazine groups is 1. The van der Waals surface area contributed by atoms with Gasteiger partial charge in [-0.1, -0.05) is 24.3 Å². The highest BCUT2D eigenvalue weighted by Crippen LogP contribution is 2.37. The number of carbonyl (C=O) groups excluding carboxylic acids is 1. The molecule has 2 heterocycles. The predicted molar refractivity (Wildman–Crippen MR) is 102 cm³/mol. The van der Waals surface area contributed by atoms with Crippen molar-refractivity contribution in [3.8, 4) is 0 Å². The fraction of sp³-hybridized carbons (Fsp3) is 0.167. The number of nitrogens with one attached hydrogen (secondary N) is 2. The average molecular weight is 400 g/mol. The van der Waals surface area contributed by atoms with E-state index in [9.17, 15) is 19.7 Å². The van der Waals surface area contributed by atoms with Crippen LogP contribution in [-0.4, -0.2) is 31.2 Å². The molecule has 10 heteroatoms. The van der Waals surface area contributed by atoms with Crippen LogP contribution in [0.5, 0.6) is 0 Å². The molecule has 28 heavy (non-hydrogen) atoms. The van der Waals surface area contributed by atoms with Gasteiger partial charge in [-0.05, 0) is 17.7 Å². The number of nitro groups is 1. The van der Waals surface area contributed by atoms with E-state index in [1.807, 2.05) is 0 Å². The van der Waals surface area contributed by atoms with E-state index in [4.69, 9.17) is 11.6 Å². The standard InChI is InChI=1S/C18H14ClN5O4/c19-15-16(10-5-7-11(8-6-10)24(27)28)23(18(15)26)20-9-14-21-13-4-2-1-3-12(13)17(25)22-14/h1-8,15-16,20H,9H2,(H,21,22,25). The number of para-hydroxylation sites is 1. The van der Waals surface area contributed by atoms with Crippen molar-refractivity contribution in [1.82, 2.24) is 20.4 Å². The largest absolute Gasteiger partial charge is 0.309 e. The minimum absolute atomic E-state index is 0.0435. The van der Waals surface area contributed by atoms with Crippen LogP contribution < -0.4 is 11.0 Å². The third kappa shape index (κ3) is 3.10. The van der Waals surface area contributed by atoms with Crippen molar-refractivity contribution >= 4 is 34.1 Å². The molecule has 2 atom stereocenters. The van der Waals surface area contributed by atoms with E-state index in [0.717, 1.165) is 0 Å². The molecule has 2 aromatic carbocycles. The van der Waals surface area contributed by atoms with Crippen LogP contribution in [0, 0.1) is 10.1 Å². The van der Waals surface area contributed by atoms with E-state index in [2.05, 4.69) is 15.4 Å². The topological polar surface area (TPSA) is 121 Å². The quantitative estimate of drug-likeness (QED) is 0.293. The van der Waals surface area contributed by atoms with Crippen molar-refractivity contribution in [3.05, 3.63) is 80.4 Å². The Labute approximate surface area is 163 Å². The van der Waals surface area contributed by atoms with Gasteiger partial charge in [-0.25, -0.2) is 10.4 Å².